The van der Waals surface area contributed by atoms with Crippen molar-refractivity contribution in [1.82, 2.24) is 9.88 Å². The van der Waals surface area contributed by atoms with Crippen molar-refractivity contribution in [3.05, 3.63) is 23.5 Å². The second kappa shape index (κ2) is 5.53. The van der Waals surface area contributed by atoms with E-state index in [1.165, 1.54) is 45.2 Å². The molecule has 1 aromatic rings. The first-order valence-electron chi connectivity index (χ1n) is 6.73. The molecule has 1 aromatic heterocycles. The van der Waals surface area contributed by atoms with Gasteiger partial charge in [-0.15, -0.1) is 0 Å². The van der Waals surface area contributed by atoms with Crippen LogP contribution in [-0.4, -0.2) is 29.0 Å². The number of aromatic nitrogens is 1. The maximum atomic E-state index is 3.25. The fourth-order valence-electron chi connectivity index (χ4n) is 2.89. The van der Waals surface area contributed by atoms with E-state index in [1.807, 2.05) is 0 Å². The Labute approximate surface area is 99.0 Å². The van der Waals surface area contributed by atoms with Crippen LogP contribution < -0.4 is 0 Å². The molecule has 0 saturated carbocycles. The number of rotatable bonds is 5. The van der Waals surface area contributed by atoms with Crippen LogP contribution in [0.1, 0.15) is 44.2 Å². The number of nitrogens with zero attached hydrogens (tertiary/aromatic N) is 1. The topological polar surface area (TPSA) is 19.0 Å². The summed E-state index contributed by atoms with van der Waals surface area (Å²) in [6, 6.07) is 0.781. The van der Waals surface area contributed by atoms with Crippen LogP contribution in [0.25, 0.3) is 0 Å². The molecular weight excluding hydrogens is 196 g/mol. The minimum Gasteiger partial charge on any atom is -0.367 e. The summed E-state index contributed by atoms with van der Waals surface area (Å²) in [6.07, 6.45) is 10.8. The van der Waals surface area contributed by atoms with Crippen LogP contribution >= 0.6 is 0 Å². The van der Waals surface area contributed by atoms with Crippen molar-refractivity contribution >= 4 is 0 Å². The summed E-state index contributed by atoms with van der Waals surface area (Å²) in [7, 11) is 0. The van der Waals surface area contributed by atoms with E-state index in [0.29, 0.717) is 0 Å². The standard InChI is InChI=1S/C14H24N2/c1-3-7-16(8-4-2)14-6-5-12-10-15-11-13(12)9-14/h10-11,14-15H,3-9H2,1-2H3/t14-/m0/s1. The van der Waals surface area contributed by atoms with Gasteiger partial charge in [0, 0.05) is 18.4 Å². The van der Waals surface area contributed by atoms with Crippen molar-refractivity contribution < 1.29 is 0 Å². The van der Waals surface area contributed by atoms with Crippen LogP contribution in [0.5, 0.6) is 0 Å². The molecule has 0 bridgehead atoms. The molecule has 0 unspecified atom stereocenters. The van der Waals surface area contributed by atoms with E-state index in [1.54, 1.807) is 11.1 Å². The first-order chi connectivity index (χ1) is 7.85. The van der Waals surface area contributed by atoms with Gasteiger partial charge in [-0.25, -0.2) is 0 Å². The Morgan fingerprint density at radius 1 is 1.19 bits per heavy atom. The molecule has 0 aromatic carbocycles. The predicted octanol–water partition coefficient (Wildman–Crippen LogP) is 2.99. The van der Waals surface area contributed by atoms with Crippen molar-refractivity contribution in [3.63, 3.8) is 0 Å². The highest BCUT2D eigenvalue weighted by Crippen LogP contribution is 2.24. The first-order valence-corrected chi connectivity index (χ1v) is 6.73. The van der Waals surface area contributed by atoms with Gasteiger partial charge in [-0.3, -0.25) is 0 Å². The van der Waals surface area contributed by atoms with Crippen molar-refractivity contribution in [2.24, 2.45) is 0 Å². The molecule has 0 radical (unpaired) electrons. The molecule has 2 heteroatoms. The lowest BCUT2D eigenvalue weighted by atomic mass is 9.90. The summed E-state index contributed by atoms with van der Waals surface area (Å²) in [5, 5.41) is 0. The number of nitrogens with one attached hydrogen (secondary N) is 1. The van der Waals surface area contributed by atoms with Gasteiger partial charge in [0.2, 0.25) is 0 Å². The zero-order valence-corrected chi connectivity index (χ0v) is 10.6. The fourth-order valence-corrected chi connectivity index (χ4v) is 2.89. The Hall–Kier alpha value is -0.760. The van der Waals surface area contributed by atoms with Gasteiger partial charge < -0.3 is 9.88 Å². The lowest BCUT2D eigenvalue weighted by Gasteiger charge is -2.34. The van der Waals surface area contributed by atoms with Crippen molar-refractivity contribution in [2.45, 2.75) is 52.0 Å². The number of fused-ring (bicyclic) bond motifs is 1. The molecule has 16 heavy (non-hydrogen) atoms. The number of aromatic amines is 1. The minimum atomic E-state index is 0.781. The number of aryl methyl sites for hydroxylation is 1. The quantitative estimate of drug-likeness (QED) is 0.808. The molecule has 0 fully saturated rings. The van der Waals surface area contributed by atoms with Gasteiger partial charge >= 0.3 is 0 Å². The summed E-state index contributed by atoms with van der Waals surface area (Å²) >= 11 is 0. The highest BCUT2D eigenvalue weighted by Gasteiger charge is 2.23. The Morgan fingerprint density at radius 3 is 2.56 bits per heavy atom. The number of hydrogen-bond acceptors (Lipinski definition) is 1. The van der Waals surface area contributed by atoms with Gasteiger partial charge in [-0.05, 0) is 56.3 Å². The highest BCUT2D eigenvalue weighted by atomic mass is 15.1. The third-order valence-corrected chi connectivity index (χ3v) is 3.67. The van der Waals surface area contributed by atoms with Crippen molar-refractivity contribution in [3.8, 4) is 0 Å². The smallest absolute Gasteiger partial charge is 0.0139 e. The van der Waals surface area contributed by atoms with Crippen molar-refractivity contribution in [1.29, 1.82) is 0 Å². The van der Waals surface area contributed by atoms with E-state index in [-0.39, 0.29) is 0 Å². The molecule has 0 spiro atoms. The maximum absolute atomic E-state index is 3.25. The Bertz CT molecular complexity index is 310. The molecule has 1 aliphatic rings. The van der Waals surface area contributed by atoms with Crippen LogP contribution in [0.4, 0.5) is 0 Å². The monoisotopic (exact) mass is 220 g/mol. The highest BCUT2D eigenvalue weighted by molar-refractivity contribution is 5.27. The van der Waals surface area contributed by atoms with Gasteiger partial charge in [-0.1, -0.05) is 13.8 Å². The molecular formula is C14H24N2. The molecule has 1 heterocycles. The van der Waals surface area contributed by atoms with Gasteiger partial charge in [0.1, 0.15) is 0 Å². The van der Waals surface area contributed by atoms with Crippen LogP contribution in [0.15, 0.2) is 12.4 Å². The second-order valence-electron chi connectivity index (χ2n) is 4.94. The molecule has 1 N–H and O–H groups in total. The third kappa shape index (κ3) is 2.49. The summed E-state index contributed by atoms with van der Waals surface area (Å²) in [5.74, 6) is 0. The Kier molecular flexibility index (Phi) is 4.05. The van der Waals surface area contributed by atoms with Gasteiger partial charge in [0.05, 0.1) is 0 Å². The molecule has 0 saturated heterocycles. The predicted molar refractivity (Wildman–Crippen MR) is 68.8 cm³/mol. The second-order valence-corrected chi connectivity index (χ2v) is 4.94. The van der Waals surface area contributed by atoms with Crippen LogP contribution in [-0.2, 0) is 12.8 Å². The average molecular weight is 220 g/mol. The van der Waals surface area contributed by atoms with Gasteiger partial charge in [0.15, 0.2) is 0 Å². The maximum Gasteiger partial charge on any atom is 0.0139 e. The summed E-state index contributed by atoms with van der Waals surface area (Å²) in [6.45, 7) is 7.09. The largest absolute Gasteiger partial charge is 0.367 e. The normalized spacial score (nSPS) is 20.1. The summed E-state index contributed by atoms with van der Waals surface area (Å²) in [5.41, 5.74) is 3.10. The molecule has 1 atom stereocenters. The van der Waals surface area contributed by atoms with E-state index in [9.17, 15) is 0 Å². The summed E-state index contributed by atoms with van der Waals surface area (Å²) < 4.78 is 0. The van der Waals surface area contributed by atoms with E-state index >= 15 is 0 Å². The van der Waals surface area contributed by atoms with Crippen LogP contribution in [0.2, 0.25) is 0 Å². The molecule has 1 aliphatic carbocycles. The lowest BCUT2D eigenvalue weighted by molar-refractivity contribution is 0.180. The lowest BCUT2D eigenvalue weighted by Crippen LogP contribution is -2.40. The number of hydrogen-bond donors (Lipinski definition) is 1. The molecule has 90 valence electrons. The Balaban J connectivity index is 2.00. The number of H-pyrrole nitrogens is 1. The van der Waals surface area contributed by atoms with Gasteiger partial charge in [0.25, 0.3) is 0 Å². The zero-order valence-electron chi connectivity index (χ0n) is 10.6. The van der Waals surface area contributed by atoms with E-state index in [0.717, 1.165) is 6.04 Å². The zero-order chi connectivity index (χ0) is 11.4. The van der Waals surface area contributed by atoms with Gasteiger partial charge in [-0.2, -0.15) is 0 Å². The van der Waals surface area contributed by atoms with Crippen LogP contribution in [0, 0.1) is 0 Å². The first kappa shape index (κ1) is 11.7. The van der Waals surface area contributed by atoms with Crippen LogP contribution in [0.3, 0.4) is 0 Å². The molecule has 0 amide bonds. The minimum absolute atomic E-state index is 0.781. The molecule has 2 rings (SSSR count). The van der Waals surface area contributed by atoms with E-state index in [2.05, 4.69) is 36.1 Å². The Morgan fingerprint density at radius 2 is 1.88 bits per heavy atom. The van der Waals surface area contributed by atoms with E-state index in [4.69, 9.17) is 0 Å². The van der Waals surface area contributed by atoms with Crippen molar-refractivity contribution in [2.75, 3.05) is 13.1 Å². The SMILES string of the molecule is CCCN(CCC)[C@H]1CCc2c[nH]cc2C1. The summed E-state index contributed by atoms with van der Waals surface area (Å²) in [4.78, 5) is 5.94. The van der Waals surface area contributed by atoms with E-state index < -0.39 is 0 Å². The fraction of sp³-hybridized carbons (Fsp3) is 0.714. The molecule has 2 nitrogen and oxygen atoms in total. The average Bonchev–Trinajstić information content (AvgIpc) is 2.75. The molecule has 0 aliphatic heterocycles. The third-order valence-electron chi connectivity index (χ3n) is 3.67.